The summed E-state index contributed by atoms with van der Waals surface area (Å²) < 4.78 is 13.4. The highest BCUT2D eigenvalue weighted by Crippen LogP contribution is 2.29. The summed E-state index contributed by atoms with van der Waals surface area (Å²) >= 11 is 0. The SMILES string of the molecule is CC(C)(O)CC(=O)Nc1ccc2c(c1)CC(Nc1ncnc3cc(F)ccc13)C2. The average Bonchev–Trinajstić information content (AvgIpc) is 3.01. The van der Waals surface area contributed by atoms with E-state index in [1.807, 2.05) is 18.2 Å². The Bertz CT molecular complexity index is 1080. The first-order chi connectivity index (χ1) is 13.8. The number of carbonyl (C=O) groups excluding carboxylic acids is 1. The molecule has 1 amide bonds. The number of rotatable bonds is 5. The molecule has 1 aromatic heterocycles. The Kier molecular flexibility index (Phi) is 4.92. The van der Waals surface area contributed by atoms with Gasteiger partial charge in [0, 0.05) is 23.2 Å². The number of aliphatic hydroxyl groups is 1. The van der Waals surface area contributed by atoms with Gasteiger partial charge in [0.25, 0.3) is 0 Å². The van der Waals surface area contributed by atoms with E-state index in [2.05, 4.69) is 20.6 Å². The summed E-state index contributed by atoms with van der Waals surface area (Å²) in [5.74, 6) is 0.144. The molecule has 4 rings (SSSR count). The maximum atomic E-state index is 13.4. The van der Waals surface area contributed by atoms with Crippen molar-refractivity contribution in [3.8, 4) is 0 Å². The molecule has 150 valence electrons. The van der Waals surface area contributed by atoms with Crippen LogP contribution < -0.4 is 10.6 Å². The van der Waals surface area contributed by atoms with Crippen LogP contribution >= 0.6 is 0 Å². The Balaban J connectivity index is 1.46. The van der Waals surface area contributed by atoms with E-state index in [0.717, 1.165) is 29.5 Å². The average molecular weight is 394 g/mol. The minimum absolute atomic E-state index is 0.0373. The van der Waals surface area contributed by atoms with Crippen LogP contribution in [0.5, 0.6) is 0 Å². The molecule has 0 radical (unpaired) electrons. The molecule has 0 aliphatic heterocycles. The summed E-state index contributed by atoms with van der Waals surface area (Å²) in [5.41, 5.74) is 2.62. The quantitative estimate of drug-likeness (QED) is 0.617. The highest BCUT2D eigenvalue weighted by atomic mass is 19.1. The molecule has 7 heteroatoms. The predicted octanol–water partition coefficient (Wildman–Crippen LogP) is 3.45. The summed E-state index contributed by atoms with van der Waals surface area (Å²) in [6.07, 6.45) is 3.09. The zero-order valence-electron chi connectivity index (χ0n) is 16.4. The molecular formula is C22H23FN4O2. The Morgan fingerprint density at radius 3 is 2.76 bits per heavy atom. The fourth-order valence-electron chi connectivity index (χ4n) is 3.73. The smallest absolute Gasteiger partial charge is 0.227 e. The second-order valence-corrected chi connectivity index (χ2v) is 8.15. The fraction of sp³-hybridized carbons (Fsp3) is 0.318. The molecule has 3 aromatic rings. The van der Waals surface area contributed by atoms with Crippen molar-refractivity contribution in [3.05, 3.63) is 59.7 Å². The number of hydrogen-bond acceptors (Lipinski definition) is 5. The lowest BCUT2D eigenvalue weighted by Gasteiger charge is -2.16. The summed E-state index contributed by atoms with van der Waals surface area (Å²) in [4.78, 5) is 20.5. The predicted molar refractivity (Wildman–Crippen MR) is 110 cm³/mol. The Hall–Kier alpha value is -3.06. The monoisotopic (exact) mass is 394 g/mol. The standard InChI is InChI=1S/C22H23FN4O2/c1-22(2,29)11-20(28)26-16-5-3-13-7-17(9-14(13)8-16)27-21-18-6-4-15(23)10-19(18)24-12-25-21/h3-6,8,10,12,17,29H,7,9,11H2,1-2H3,(H,26,28)(H,24,25,27). The van der Waals surface area contributed by atoms with E-state index in [9.17, 15) is 14.3 Å². The van der Waals surface area contributed by atoms with Crippen molar-refractivity contribution >= 4 is 28.3 Å². The van der Waals surface area contributed by atoms with Gasteiger partial charge in [-0.3, -0.25) is 4.79 Å². The highest BCUT2D eigenvalue weighted by Gasteiger charge is 2.23. The first-order valence-corrected chi connectivity index (χ1v) is 9.58. The van der Waals surface area contributed by atoms with Crippen LogP contribution in [0.15, 0.2) is 42.7 Å². The van der Waals surface area contributed by atoms with Crippen molar-refractivity contribution in [1.29, 1.82) is 0 Å². The molecule has 29 heavy (non-hydrogen) atoms. The zero-order valence-corrected chi connectivity index (χ0v) is 16.4. The van der Waals surface area contributed by atoms with Gasteiger partial charge in [-0.15, -0.1) is 0 Å². The van der Waals surface area contributed by atoms with E-state index >= 15 is 0 Å². The summed E-state index contributed by atoms with van der Waals surface area (Å²) in [6.45, 7) is 3.22. The van der Waals surface area contributed by atoms with E-state index in [0.29, 0.717) is 11.3 Å². The van der Waals surface area contributed by atoms with Gasteiger partial charge in [0.1, 0.15) is 18.0 Å². The first kappa shape index (κ1) is 19.3. The number of carbonyl (C=O) groups is 1. The van der Waals surface area contributed by atoms with Crippen molar-refractivity contribution in [1.82, 2.24) is 9.97 Å². The van der Waals surface area contributed by atoms with E-state index in [1.54, 1.807) is 19.9 Å². The summed E-state index contributed by atoms with van der Waals surface area (Å²) in [5, 5.41) is 16.9. The number of anilines is 2. The zero-order chi connectivity index (χ0) is 20.6. The molecule has 1 heterocycles. The van der Waals surface area contributed by atoms with Crippen molar-refractivity contribution < 1.29 is 14.3 Å². The molecule has 0 spiro atoms. The van der Waals surface area contributed by atoms with Gasteiger partial charge in [-0.2, -0.15) is 0 Å². The van der Waals surface area contributed by atoms with Crippen molar-refractivity contribution in [3.63, 3.8) is 0 Å². The maximum Gasteiger partial charge on any atom is 0.227 e. The normalized spacial score (nSPS) is 15.9. The molecule has 0 fully saturated rings. The molecule has 3 N–H and O–H groups in total. The molecule has 0 saturated heterocycles. The lowest BCUT2D eigenvalue weighted by Crippen LogP contribution is -2.27. The highest BCUT2D eigenvalue weighted by molar-refractivity contribution is 5.91. The van der Waals surface area contributed by atoms with E-state index in [-0.39, 0.29) is 24.2 Å². The molecule has 1 unspecified atom stereocenters. The lowest BCUT2D eigenvalue weighted by atomic mass is 10.0. The maximum absolute atomic E-state index is 13.4. The molecular weight excluding hydrogens is 371 g/mol. The first-order valence-electron chi connectivity index (χ1n) is 9.58. The Labute approximate surface area is 168 Å². The van der Waals surface area contributed by atoms with Crippen molar-refractivity contribution in [2.45, 2.75) is 44.8 Å². The number of fused-ring (bicyclic) bond motifs is 2. The van der Waals surface area contributed by atoms with Crippen LogP contribution in [0.3, 0.4) is 0 Å². The van der Waals surface area contributed by atoms with Gasteiger partial charge in [-0.25, -0.2) is 14.4 Å². The molecule has 0 bridgehead atoms. The summed E-state index contributed by atoms with van der Waals surface area (Å²) in [6, 6.07) is 10.5. The van der Waals surface area contributed by atoms with E-state index < -0.39 is 5.60 Å². The van der Waals surface area contributed by atoms with Crippen LogP contribution in [0.2, 0.25) is 0 Å². The third-order valence-corrected chi connectivity index (χ3v) is 4.96. The largest absolute Gasteiger partial charge is 0.390 e. The van der Waals surface area contributed by atoms with Crippen molar-refractivity contribution in [2.24, 2.45) is 0 Å². The van der Waals surface area contributed by atoms with Gasteiger partial charge < -0.3 is 15.7 Å². The molecule has 1 atom stereocenters. The van der Waals surface area contributed by atoms with Gasteiger partial charge in [0.15, 0.2) is 0 Å². The molecule has 6 nitrogen and oxygen atoms in total. The second kappa shape index (κ2) is 7.40. The number of amides is 1. The van der Waals surface area contributed by atoms with Crippen LogP contribution in [0.1, 0.15) is 31.4 Å². The molecule has 2 aromatic carbocycles. The van der Waals surface area contributed by atoms with Crippen molar-refractivity contribution in [2.75, 3.05) is 10.6 Å². The third-order valence-electron chi connectivity index (χ3n) is 4.96. The van der Waals surface area contributed by atoms with Gasteiger partial charge in [0.2, 0.25) is 5.91 Å². The molecule has 1 aliphatic rings. The fourth-order valence-corrected chi connectivity index (χ4v) is 3.73. The Morgan fingerprint density at radius 2 is 1.97 bits per heavy atom. The summed E-state index contributed by atoms with van der Waals surface area (Å²) in [7, 11) is 0. The molecule has 0 saturated carbocycles. The van der Waals surface area contributed by atoms with E-state index in [4.69, 9.17) is 0 Å². The van der Waals surface area contributed by atoms with Crippen LogP contribution in [0.4, 0.5) is 15.9 Å². The third kappa shape index (κ3) is 4.51. The molecule has 1 aliphatic carbocycles. The number of halogens is 1. The second-order valence-electron chi connectivity index (χ2n) is 8.15. The van der Waals surface area contributed by atoms with Gasteiger partial charge in [-0.1, -0.05) is 6.07 Å². The van der Waals surface area contributed by atoms with Crippen LogP contribution in [0.25, 0.3) is 10.9 Å². The number of aromatic nitrogens is 2. The number of nitrogens with one attached hydrogen (secondary N) is 2. The minimum Gasteiger partial charge on any atom is -0.390 e. The number of benzene rings is 2. The number of nitrogens with zero attached hydrogens (tertiary/aromatic N) is 2. The van der Waals surface area contributed by atoms with Gasteiger partial charge in [0.05, 0.1) is 17.5 Å². The van der Waals surface area contributed by atoms with Gasteiger partial charge in [-0.05, 0) is 62.1 Å². The van der Waals surface area contributed by atoms with Crippen LogP contribution in [-0.4, -0.2) is 32.6 Å². The Morgan fingerprint density at radius 1 is 1.17 bits per heavy atom. The minimum atomic E-state index is -1.04. The lowest BCUT2D eigenvalue weighted by molar-refractivity contribution is -0.119. The van der Waals surface area contributed by atoms with Gasteiger partial charge >= 0.3 is 0 Å². The topological polar surface area (TPSA) is 87.1 Å². The van der Waals surface area contributed by atoms with Crippen LogP contribution in [-0.2, 0) is 17.6 Å². The van der Waals surface area contributed by atoms with E-state index in [1.165, 1.54) is 24.0 Å². The number of hydrogen-bond donors (Lipinski definition) is 3. The van der Waals surface area contributed by atoms with Crippen LogP contribution in [0, 0.1) is 5.82 Å².